The molecule has 0 heterocycles. The monoisotopic (exact) mass is 281 g/mol. The van der Waals surface area contributed by atoms with Crippen molar-refractivity contribution in [2.24, 2.45) is 5.73 Å². The summed E-state index contributed by atoms with van der Waals surface area (Å²) < 4.78 is 15.7. The molecule has 0 amide bonds. The molecule has 0 radical (unpaired) electrons. The Bertz CT molecular complexity index is 432. The zero-order chi connectivity index (χ0) is 15.0. The third kappa shape index (κ3) is 5.09. The normalized spacial score (nSPS) is 11.8. The summed E-state index contributed by atoms with van der Waals surface area (Å²) in [5.41, 5.74) is 6.85. The highest BCUT2D eigenvalue weighted by Gasteiger charge is 2.12. The van der Waals surface area contributed by atoms with E-state index in [1.165, 1.54) is 7.11 Å². The molecule has 0 aliphatic heterocycles. The maximum Gasteiger partial charge on any atom is 0.305 e. The van der Waals surface area contributed by atoms with Crippen LogP contribution in [0.4, 0.5) is 0 Å². The zero-order valence-electron chi connectivity index (χ0n) is 12.3. The van der Waals surface area contributed by atoms with Gasteiger partial charge in [0.25, 0.3) is 0 Å². The fourth-order valence-corrected chi connectivity index (χ4v) is 1.89. The molecule has 1 unspecified atom stereocenters. The van der Waals surface area contributed by atoms with Crippen molar-refractivity contribution < 1.29 is 19.0 Å². The van der Waals surface area contributed by atoms with Crippen molar-refractivity contribution in [3.05, 3.63) is 23.8 Å². The summed E-state index contributed by atoms with van der Waals surface area (Å²) in [5, 5.41) is 0. The molecular weight excluding hydrogens is 258 g/mol. The number of esters is 1. The first-order chi connectivity index (χ1) is 9.58. The molecule has 5 heteroatoms. The fourth-order valence-electron chi connectivity index (χ4n) is 1.89. The average Bonchev–Trinajstić information content (AvgIpc) is 2.43. The van der Waals surface area contributed by atoms with E-state index in [0.29, 0.717) is 37.4 Å². The van der Waals surface area contributed by atoms with Crippen LogP contribution in [0, 0.1) is 0 Å². The lowest BCUT2D eigenvalue weighted by atomic mass is 10.1. The van der Waals surface area contributed by atoms with Crippen LogP contribution >= 0.6 is 0 Å². The largest absolute Gasteiger partial charge is 0.493 e. The molecule has 0 fully saturated rings. The van der Waals surface area contributed by atoms with Gasteiger partial charge >= 0.3 is 5.97 Å². The Labute approximate surface area is 120 Å². The Morgan fingerprint density at radius 1 is 1.35 bits per heavy atom. The highest BCUT2D eigenvalue weighted by Crippen LogP contribution is 2.31. The van der Waals surface area contributed by atoms with Crippen LogP contribution in [0.15, 0.2) is 18.2 Å². The minimum absolute atomic E-state index is 0.0412. The van der Waals surface area contributed by atoms with E-state index in [4.69, 9.17) is 15.2 Å². The van der Waals surface area contributed by atoms with E-state index in [1.807, 2.05) is 25.1 Å². The van der Waals surface area contributed by atoms with Gasteiger partial charge in [-0.1, -0.05) is 12.1 Å². The van der Waals surface area contributed by atoms with E-state index >= 15 is 0 Å². The summed E-state index contributed by atoms with van der Waals surface area (Å²) in [6.07, 6.45) is 1.65. The maximum absolute atomic E-state index is 11.0. The van der Waals surface area contributed by atoms with E-state index in [9.17, 15) is 4.79 Å². The lowest BCUT2D eigenvalue weighted by Crippen LogP contribution is -2.18. The number of para-hydroxylation sites is 1. The van der Waals surface area contributed by atoms with Gasteiger partial charge in [0.2, 0.25) is 0 Å². The molecule has 2 N–H and O–H groups in total. The smallest absolute Gasteiger partial charge is 0.305 e. The van der Waals surface area contributed by atoms with Gasteiger partial charge in [0.1, 0.15) is 0 Å². The van der Waals surface area contributed by atoms with Crippen molar-refractivity contribution in [3.63, 3.8) is 0 Å². The summed E-state index contributed by atoms with van der Waals surface area (Å²) in [6, 6.07) is 5.78. The van der Waals surface area contributed by atoms with Crippen molar-refractivity contribution >= 4 is 5.97 Å². The zero-order valence-corrected chi connectivity index (χ0v) is 12.3. The number of carbonyl (C=O) groups is 1. The predicted octanol–water partition coefficient (Wildman–Crippen LogP) is 1.92. The topological polar surface area (TPSA) is 70.8 Å². The number of methoxy groups -OCH3 is 2. The number of benzene rings is 1. The van der Waals surface area contributed by atoms with E-state index in [1.54, 1.807) is 7.11 Å². The fraction of sp³-hybridized carbons (Fsp3) is 0.533. The molecular formula is C15H23NO4. The Morgan fingerprint density at radius 2 is 2.10 bits per heavy atom. The average molecular weight is 281 g/mol. The molecule has 1 aromatic carbocycles. The van der Waals surface area contributed by atoms with Gasteiger partial charge in [0, 0.05) is 12.5 Å². The standard InChI is InChI=1S/C15H23NO4/c1-11(16)10-12-6-4-7-13(18-2)15(12)20-9-5-8-14(17)19-3/h4,6-7,11H,5,8-10,16H2,1-3H3. The van der Waals surface area contributed by atoms with E-state index in [-0.39, 0.29) is 12.0 Å². The number of hydrogen-bond donors (Lipinski definition) is 1. The quantitative estimate of drug-likeness (QED) is 0.582. The molecule has 1 aromatic rings. The van der Waals surface area contributed by atoms with E-state index < -0.39 is 0 Å². The molecule has 1 atom stereocenters. The van der Waals surface area contributed by atoms with Gasteiger partial charge in [-0.25, -0.2) is 0 Å². The molecule has 112 valence electrons. The predicted molar refractivity (Wildman–Crippen MR) is 77.1 cm³/mol. The van der Waals surface area contributed by atoms with E-state index in [0.717, 1.165) is 5.56 Å². The van der Waals surface area contributed by atoms with Crippen LogP contribution < -0.4 is 15.2 Å². The molecule has 0 aromatic heterocycles. The van der Waals surface area contributed by atoms with Gasteiger partial charge in [-0.3, -0.25) is 4.79 Å². The molecule has 0 bridgehead atoms. The minimum atomic E-state index is -0.232. The number of rotatable bonds is 8. The van der Waals surface area contributed by atoms with Crippen molar-refractivity contribution in [2.45, 2.75) is 32.2 Å². The Hall–Kier alpha value is -1.75. The molecule has 0 saturated heterocycles. The van der Waals surface area contributed by atoms with Gasteiger partial charge in [-0.15, -0.1) is 0 Å². The summed E-state index contributed by atoms with van der Waals surface area (Å²) in [5.74, 6) is 1.16. The second kappa shape index (κ2) is 8.43. The number of hydrogen-bond acceptors (Lipinski definition) is 5. The minimum Gasteiger partial charge on any atom is -0.493 e. The summed E-state index contributed by atoms with van der Waals surface area (Å²) >= 11 is 0. The van der Waals surface area contributed by atoms with Crippen molar-refractivity contribution in [1.82, 2.24) is 0 Å². The molecule has 0 saturated carbocycles. The first-order valence-electron chi connectivity index (χ1n) is 6.69. The van der Waals surface area contributed by atoms with Gasteiger partial charge in [-0.05, 0) is 31.4 Å². The summed E-state index contributed by atoms with van der Waals surface area (Å²) in [6.45, 7) is 2.38. The number of nitrogens with two attached hydrogens (primary N) is 1. The third-order valence-corrected chi connectivity index (χ3v) is 2.82. The maximum atomic E-state index is 11.0. The van der Waals surface area contributed by atoms with Crippen LogP contribution in [0.2, 0.25) is 0 Å². The first kappa shape index (κ1) is 16.3. The number of ether oxygens (including phenoxy) is 3. The third-order valence-electron chi connectivity index (χ3n) is 2.82. The van der Waals surface area contributed by atoms with Crippen LogP contribution in [0.25, 0.3) is 0 Å². The summed E-state index contributed by atoms with van der Waals surface area (Å²) in [7, 11) is 2.98. The van der Waals surface area contributed by atoms with E-state index in [2.05, 4.69) is 4.74 Å². The van der Waals surface area contributed by atoms with Crippen molar-refractivity contribution in [2.75, 3.05) is 20.8 Å². The molecule has 20 heavy (non-hydrogen) atoms. The van der Waals surface area contributed by atoms with Crippen molar-refractivity contribution in [1.29, 1.82) is 0 Å². The second-order valence-corrected chi connectivity index (χ2v) is 4.66. The van der Waals surface area contributed by atoms with Crippen LogP contribution in [-0.2, 0) is 16.0 Å². The van der Waals surface area contributed by atoms with Gasteiger partial charge in [-0.2, -0.15) is 0 Å². The van der Waals surface area contributed by atoms with Gasteiger partial charge in [0.15, 0.2) is 11.5 Å². The van der Waals surface area contributed by atoms with Gasteiger partial charge < -0.3 is 19.9 Å². The number of carbonyl (C=O) groups excluding carboxylic acids is 1. The van der Waals surface area contributed by atoms with Crippen LogP contribution in [-0.4, -0.2) is 32.8 Å². The second-order valence-electron chi connectivity index (χ2n) is 4.66. The lowest BCUT2D eigenvalue weighted by molar-refractivity contribution is -0.140. The van der Waals surface area contributed by atoms with Crippen molar-refractivity contribution in [3.8, 4) is 11.5 Å². The van der Waals surface area contributed by atoms with Gasteiger partial charge in [0.05, 0.1) is 20.8 Å². The van der Waals surface area contributed by atoms with Crippen LogP contribution in [0.3, 0.4) is 0 Å². The van der Waals surface area contributed by atoms with Crippen LogP contribution in [0.1, 0.15) is 25.3 Å². The lowest BCUT2D eigenvalue weighted by Gasteiger charge is -2.16. The highest BCUT2D eigenvalue weighted by molar-refractivity contribution is 5.69. The molecule has 5 nitrogen and oxygen atoms in total. The Kier molecular flexibility index (Phi) is 6.87. The summed E-state index contributed by atoms with van der Waals surface area (Å²) in [4.78, 5) is 11.0. The molecule has 0 aliphatic carbocycles. The Balaban J connectivity index is 2.68. The first-order valence-corrected chi connectivity index (χ1v) is 6.69. The highest BCUT2D eigenvalue weighted by atomic mass is 16.5. The molecule has 0 spiro atoms. The molecule has 1 rings (SSSR count). The van der Waals surface area contributed by atoms with Crippen LogP contribution in [0.5, 0.6) is 11.5 Å². The molecule has 0 aliphatic rings. The SMILES string of the molecule is COC(=O)CCCOc1c(CC(C)N)cccc1OC. The Morgan fingerprint density at radius 3 is 2.70 bits per heavy atom.